The lowest BCUT2D eigenvalue weighted by Crippen LogP contribution is -2.50. The lowest BCUT2D eigenvalue weighted by atomic mass is 9.95. The molecule has 0 aromatic heterocycles. The topological polar surface area (TPSA) is 41.6 Å². The molecule has 0 fully saturated rings. The molecule has 0 bridgehead atoms. The summed E-state index contributed by atoms with van der Waals surface area (Å²) in [5.74, 6) is 0.550. The Morgan fingerprint density at radius 2 is 1.95 bits per heavy atom. The Bertz CT molecular complexity index is 269. The van der Waals surface area contributed by atoms with E-state index in [-0.39, 0.29) is 5.97 Å². The molecule has 0 spiro atoms. The van der Waals surface area contributed by atoms with Gasteiger partial charge in [0.15, 0.2) is 0 Å². The third kappa shape index (κ3) is 7.25. The van der Waals surface area contributed by atoms with Gasteiger partial charge in [0, 0.05) is 6.54 Å². The first kappa shape index (κ1) is 19.4. The molecule has 0 heterocycles. The van der Waals surface area contributed by atoms with Crippen LogP contribution in [0.5, 0.6) is 0 Å². The minimum atomic E-state index is -0.554. The summed E-state index contributed by atoms with van der Waals surface area (Å²) >= 11 is 0. The normalized spacial score (nSPS) is 14.6. The molecule has 0 aromatic rings. The van der Waals surface area contributed by atoms with Gasteiger partial charge in [-0.05, 0) is 52.2 Å². The van der Waals surface area contributed by atoms with E-state index >= 15 is 0 Å². The van der Waals surface area contributed by atoms with Crippen LogP contribution in [0.15, 0.2) is 0 Å². The van der Waals surface area contributed by atoms with Gasteiger partial charge in [-0.3, -0.25) is 4.79 Å². The molecular weight excluding hydrogens is 252 g/mol. The van der Waals surface area contributed by atoms with Crippen LogP contribution in [0.4, 0.5) is 0 Å². The smallest absolute Gasteiger partial charge is 0.326 e. The largest absolute Gasteiger partial charge is 0.465 e. The van der Waals surface area contributed by atoms with Crippen LogP contribution in [0.3, 0.4) is 0 Å². The van der Waals surface area contributed by atoms with Crippen LogP contribution in [0.2, 0.25) is 0 Å². The average Bonchev–Trinajstić information content (AvgIpc) is 2.37. The summed E-state index contributed by atoms with van der Waals surface area (Å²) in [6.45, 7) is 16.9. The van der Waals surface area contributed by atoms with Gasteiger partial charge in [0.05, 0.1) is 6.61 Å². The third-order valence-electron chi connectivity index (χ3n) is 3.51. The Kier molecular flexibility index (Phi) is 9.86. The number of hydrogen-bond donors (Lipinski definition) is 1. The monoisotopic (exact) mass is 286 g/mol. The molecule has 0 aliphatic carbocycles. The highest BCUT2D eigenvalue weighted by Crippen LogP contribution is 2.15. The SMILES string of the molecule is CCNC(C)(CCCN(CC)CC(C)C)C(=O)OCC. The van der Waals surface area contributed by atoms with Crippen molar-refractivity contribution >= 4 is 5.97 Å². The summed E-state index contributed by atoms with van der Waals surface area (Å²) in [5.41, 5.74) is -0.554. The van der Waals surface area contributed by atoms with Crippen LogP contribution >= 0.6 is 0 Å². The standard InChI is InChI=1S/C16H34N2O2/c1-7-17-16(6,15(19)20-9-3)11-10-12-18(8-2)13-14(4)5/h14,17H,7-13H2,1-6H3. The lowest BCUT2D eigenvalue weighted by Gasteiger charge is -2.29. The van der Waals surface area contributed by atoms with E-state index in [1.54, 1.807) is 0 Å². The van der Waals surface area contributed by atoms with Crippen molar-refractivity contribution in [3.8, 4) is 0 Å². The Balaban J connectivity index is 4.35. The van der Waals surface area contributed by atoms with Crippen molar-refractivity contribution in [1.82, 2.24) is 10.2 Å². The van der Waals surface area contributed by atoms with Gasteiger partial charge in [0.1, 0.15) is 5.54 Å². The zero-order valence-electron chi connectivity index (χ0n) is 14.3. The van der Waals surface area contributed by atoms with E-state index in [9.17, 15) is 4.79 Å². The summed E-state index contributed by atoms with van der Waals surface area (Å²) < 4.78 is 5.19. The third-order valence-corrected chi connectivity index (χ3v) is 3.51. The number of carbonyl (C=O) groups excluding carboxylic acids is 1. The molecule has 0 rings (SSSR count). The maximum absolute atomic E-state index is 12.1. The van der Waals surface area contributed by atoms with E-state index in [4.69, 9.17) is 4.74 Å². The summed E-state index contributed by atoms with van der Waals surface area (Å²) in [7, 11) is 0. The molecule has 1 unspecified atom stereocenters. The Labute approximate surface area is 125 Å². The van der Waals surface area contributed by atoms with Crippen molar-refractivity contribution in [2.45, 2.75) is 59.9 Å². The van der Waals surface area contributed by atoms with Crippen molar-refractivity contribution in [3.63, 3.8) is 0 Å². The number of likely N-dealkylation sites (N-methyl/N-ethyl adjacent to an activating group) is 1. The Morgan fingerprint density at radius 3 is 2.40 bits per heavy atom. The molecule has 4 heteroatoms. The van der Waals surface area contributed by atoms with Gasteiger partial charge in [-0.15, -0.1) is 0 Å². The van der Waals surface area contributed by atoms with E-state index in [1.165, 1.54) is 0 Å². The van der Waals surface area contributed by atoms with Gasteiger partial charge in [0.25, 0.3) is 0 Å². The highest BCUT2D eigenvalue weighted by Gasteiger charge is 2.33. The number of esters is 1. The fourth-order valence-corrected chi connectivity index (χ4v) is 2.49. The van der Waals surface area contributed by atoms with Gasteiger partial charge in [-0.25, -0.2) is 0 Å². The number of rotatable bonds is 11. The minimum absolute atomic E-state index is 0.131. The van der Waals surface area contributed by atoms with E-state index < -0.39 is 5.54 Å². The van der Waals surface area contributed by atoms with Gasteiger partial charge in [0.2, 0.25) is 0 Å². The summed E-state index contributed by atoms with van der Waals surface area (Å²) in [4.78, 5) is 14.5. The van der Waals surface area contributed by atoms with E-state index in [2.05, 4.69) is 31.0 Å². The fourth-order valence-electron chi connectivity index (χ4n) is 2.49. The Morgan fingerprint density at radius 1 is 1.30 bits per heavy atom. The molecule has 0 saturated heterocycles. The van der Waals surface area contributed by atoms with Crippen LogP contribution in [0.25, 0.3) is 0 Å². The maximum Gasteiger partial charge on any atom is 0.326 e. The first-order chi connectivity index (χ1) is 9.39. The number of ether oxygens (including phenoxy) is 1. The van der Waals surface area contributed by atoms with Crippen molar-refractivity contribution < 1.29 is 9.53 Å². The second kappa shape index (κ2) is 10.2. The number of nitrogens with zero attached hydrogens (tertiary/aromatic N) is 1. The number of carbonyl (C=O) groups is 1. The lowest BCUT2D eigenvalue weighted by molar-refractivity contribution is -0.150. The zero-order chi connectivity index (χ0) is 15.6. The molecule has 0 aliphatic heterocycles. The van der Waals surface area contributed by atoms with Crippen LogP contribution in [-0.2, 0) is 9.53 Å². The van der Waals surface area contributed by atoms with Gasteiger partial charge in [-0.2, -0.15) is 0 Å². The molecule has 0 aliphatic rings. The van der Waals surface area contributed by atoms with Gasteiger partial charge >= 0.3 is 5.97 Å². The summed E-state index contributed by atoms with van der Waals surface area (Å²) in [5, 5.41) is 3.28. The molecular formula is C16H34N2O2. The maximum atomic E-state index is 12.1. The quantitative estimate of drug-likeness (QED) is 0.593. The molecule has 20 heavy (non-hydrogen) atoms. The molecule has 1 N–H and O–H groups in total. The van der Waals surface area contributed by atoms with E-state index in [0.717, 1.165) is 39.0 Å². The van der Waals surface area contributed by atoms with Crippen molar-refractivity contribution in [2.24, 2.45) is 5.92 Å². The predicted octanol–water partition coefficient (Wildman–Crippen LogP) is 2.68. The molecule has 1 atom stereocenters. The molecule has 0 saturated carbocycles. The highest BCUT2D eigenvalue weighted by molar-refractivity contribution is 5.80. The first-order valence-electron chi connectivity index (χ1n) is 8.04. The van der Waals surface area contributed by atoms with Crippen LogP contribution in [-0.4, -0.2) is 49.2 Å². The highest BCUT2D eigenvalue weighted by atomic mass is 16.5. The zero-order valence-corrected chi connectivity index (χ0v) is 14.3. The summed E-state index contributed by atoms with van der Waals surface area (Å²) in [6, 6.07) is 0. The van der Waals surface area contributed by atoms with Gasteiger partial charge in [-0.1, -0.05) is 27.7 Å². The second-order valence-electron chi connectivity index (χ2n) is 5.97. The van der Waals surface area contributed by atoms with E-state index in [0.29, 0.717) is 12.5 Å². The number of hydrogen-bond acceptors (Lipinski definition) is 4. The first-order valence-corrected chi connectivity index (χ1v) is 8.04. The number of nitrogens with one attached hydrogen (secondary N) is 1. The Hall–Kier alpha value is -0.610. The van der Waals surface area contributed by atoms with Gasteiger partial charge < -0.3 is 15.0 Å². The summed E-state index contributed by atoms with van der Waals surface area (Å²) in [6.07, 6.45) is 1.82. The molecule has 120 valence electrons. The fraction of sp³-hybridized carbons (Fsp3) is 0.938. The van der Waals surface area contributed by atoms with Crippen molar-refractivity contribution in [3.05, 3.63) is 0 Å². The molecule has 0 radical (unpaired) electrons. The molecule has 0 aromatic carbocycles. The minimum Gasteiger partial charge on any atom is -0.465 e. The van der Waals surface area contributed by atoms with Crippen LogP contribution in [0, 0.1) is 5.92 Å². The van der Waals surface area contributed by atoms with Crippen molar-refractivity contribution in [2.75, 3.05) is 32.8 Å². The molecule has 0 amide bonds. The molecule has 4 nitrogen and oxygen atoms in total. The van der Waals surface area contributed by atoms with E-state index in [1.807, 2.05) is 20.8 Å². The van der Waals surface area contributed by atoms with Crippen molar-refractivity contribution in [1.29, 1.82) is 0 Å². The predicted molar refractivity (Wildman–Crippen MR) is 84.9 cm³/mol. The second-order valence-corrected chi connectivity index (χ2v) is 5.97. The average molecular weight is 286 g/mol. The van der Waals surface area contributed by atoms with Crippen LogP contribution in [0.1, 0.15) is 54.4 Å². The van der Waals surface area contributed by atoms with Crippen LogP contribution < -0.4 is 5.32 Å².